The van der Waals surface area contributed by atoms with Crippen molar-refractivity contribution in [1.82, 2.24) is 20.9 Å². The largest absolute Gasteiger partial charge is 0.366 e. The summed E-state index contributed by atoms with van der Waals surface area (Å²) in [5.74, 6) is 0. The third-order valence-corrected chi connectivity index (χ3v) is 11.1. The highest BCUT2D eigenvalue weighted by Gasteiger charge is 2.26. The predicted octanol–water partition coefficient (Wildman–Crippen LogP) is 12.2. The van der Waals surface area contributed by atoms with Crippen molar-refractivity contribution in [3.63, 3.8) is 0 Å². The number of pyridine rings is 1. The van der Waals surface area contributed by atoms with Gasteiger partial charge in [-0.2, -0.15) is 0 Å². The molecule has 3 N–H and O–H groups in total. The van der Waals surface area contributed by atoms with Crippen LogP contribution in [0, 0.1) is 0 Å². The SMILES string of the molecule is C1=C(c2ccccc2)NC(c2ccccc2)N=C1c1cc(-c2cc(-c3ccccc3)nc(-c3ccccc3)c2)cc(C2C=C(c3ccccc3)NC(c3ccccc3)N2)c1. The van der Waals surface area contributed by atoms with Gasteiger partial charge in [0, 0.05) is 28.1 Å². The van der Waals surface area contributed by atoms with Crippen LogP contribution in [0.4, 0.5) is 0 Å². The topological polar surface area (TPSA) is 61.3 Å². The fraction of sp³-hybridized carbons (Fsp3) is 0.0545. The van der Waals surface area contributed by atoms with E-state index in [0.29, 0.717) is 0 Å². The quantitative estimate of drug-likeness (QED) is 0.137. The Balaban J connectivity index is 1.19. The Bertz CT molecular complexity index is 2760. The molecule has 288 valence electrons. The molecule has 7 aromatic carbocycles. The second-order valence-electron chi connectivity index (χ2n) is 15.2. The van der Waals surface area contributed by atoms with Crippen molar-refractivity contribution in [2.24, 2.45) is 4.99 Å². The molecule has 2 aliphatic heterocycles. The molecule has 1 aromatic heterocycles. The molecule has 0 spiro atoms. The molecule has 8 aromatic rings. The summed E-state index contributed by atoms with van der Waals surface area (Å²) < 4.78 is 0. The van der Waals surface area contributed by atoms with Crippen molar-refractivity contribution < 1.29 is 0 Å². The van der Waals surface area contributed by atoms with Gasteiger partial charge < -0.3 is 10.6 Å². The van der Waals surface area contributed by atoms with Crippen molar-refractivity contribution in [3.05, 3.63) is 258 Å². The van der Waals surface area contributed by atoms with Crippen molar-refractivity contribution in [3.8, 4) is 33.6 Å². The van der Waals surface area contributed by atoms with E-state index in [2.05, 4.69) is 228 Å². The summed E-state index contributed by atoms with van der Waals surface area (Å²) in [5.41, 5.74) is 15.8. The van der Waals surface area contributed by atoms with Gasteiger partial charge in [-0.25, -0.2) is 4.98 Å². The molecule has 0 fully saturated rings. The summed E-state index contributed by atoms with van der Waals surface area (Å²) in [6.07, 6.45) is 4.12. The Labute approximate surface area is 351 Å². The maximum absolute atomic E-state index is 5.44. The summed E-state index contributed by atoms with van der Waals surface area (Å²) in [5, 5.41) is 11.5. The van der Waals surface area contributed by atoms with Crippen molar-refractivity contribution in [1.29, 1.82) is 0 Å². The Kier molecular flexibility index (Phi) is 10.2. The lowest BCUT2D eigenvalue weighted by molar-refractivity contribution is 0.443. The highest BCUT2D eigenvalue weighted by molar-refractivity contribution is 6.13. The first-order valence-electron chi connectivity index (χ1n) is 20.5. The molecule has 3 unspecified atom stereocenters. The van der Waals surface area contributed by atoms with Crippen LogP contribution in [0.3, 0.4) is 0 Å². The molecular formula is C55H43N5. The monoisotopic (exact) mass is 773 g/mol. The fourth-order valence-electron chi connectivity index (χ4n) is 8.08. The first-order chi connectivity index (χ1) is 29.7. The molecule has 2 aliphatic rings. The fourth-order valence-corrected chi connectivity index (χ4v) is 8.08. The van der Waals surface area contributed by atoms with Gasteiger partial charge in [0.15, 0.2) is 0 Å². The number of aromatic nitrogens is 1. The number of allylic oxidation sites excluding steroid dienone is 1. The van der Waals surface area contributed by atoms with E-state index >= 15 is 0 Å². The Morgan fingerprint density at radius 1 is 0.367 bits per heavy atom. The first-order valence-corrected chi connectivity index (χ1v) is 20.5. The summed E-state index contributed by atoms with van der Waals surface area (Å²) in [4.78, 5) is 10.7. The van der Waals surface area contributed by atoms with Gasteiger partial charge in [0.2, 0.25) is 0 Å². The van der Waals surface area contributed by atoms with Gasteiger partial charge in [0.1, 0.15) is 12.3 Å². The van der Waals surface area contributed by atoms with Gasteiger partial charge in [-0.05, 0) is 81.4 Å². The zero-order chi connectivity index (χ0) is 40.1. The average molecular weight is 774 g/mol. The molecule has 3 atom stereocenters. The van der Waals surface area contributed by atoms with Gasteiger partial charge in [0.05, 0.1) is 23.1 Å². The first kappa shape index (κ1) is 36.7. The van der Waals surface area contributed by atoms with Crippen LogP contribution in [0.5, 0.6) is 0 Å². The number of aliphatic imine (C=N–C) groups is 1. The molecular weight excluding hydrogens is 731 g/mol. The smallest absolute Gasteiger partial charge is 0.145 e. The molecule has 0 saturated heterocycles. The molecule has 5 nitrogen and oxygen atoms in total. The van der Waals surface area contributed by atoms with Crippen LogP contribution in [0.25, 0.3) is 45.0 Å². The normalized spacial score (nSPS) is 17.3. The third-order valence-electron chi connectivity index (χ3n) is 11.1. The van der Waals surface area contributed by atoms with E-state index in [1.807, 2.05) is 12.1 Å². The van der Waals surface area contributed by atoms with Crippen LogP contribution in [0.1, 0.15) is 51.8 Å². The molecule has 3 heterocycles. The van der Waals surface area contributed by atoms with Gasteiger partial charge >= 0.3 is 0 Å². The van der Waals surface area contributed by atoms with E-state index < -0.39 is 0 Å². The van der Waals surface area contributed by atoms with Gasteiger partial charge in [-0.15, -0.1) is 0 Å². The van der Waals surface area contributed by atoms with Crippen LogP contribution in [-0.2, 0) is 0 Å². The minimum Gasteiger partial charge on any atom is -0.366 e. The van der Waals surface area contributed by atoms with Crippen LogP contribution >= 0.6 is 0 Å². The van der Waals surface area contributed by atoms with Gasteiger partial charge in [-0.3, -0.25) is 10.3 Å². The summed E-state index contributed by atoms with van der Waals surface area (Å²) in [7, 11) is 0. The second kappa shape index (κ2) is 16.7. The van der Waals surface area contributed by atoms with E-state index in [1.165, 1.54) is 5.56 Å². The maximum Gasteiger partial charge on any atom is 0.145 e. The lowest BCUT2D eigenvalue weighted by atomic mass is 9.91. The minimum atomic E-state index is -0.271. The van der Waals surface area contributed by atoms with Crippen LogP contribution in [0.2, 0.25) is 0 Å². The number of hydrogen-bond acceptors (Lipinski definition) is 5. The van der Waals surface area contributed by atoms with Crippen molar-refractivity contribution in [2.75, 3.05) is 0 Å². The number of benzene rings is 7. The van der Waals surface area contributed by atoms with Crippen molar-refractivity contribution in [2.45, 2.75) is 18.4 Å². The predicted molar refractivity (Wildman–Crippen MR) is 246 cm³/mol. The highest BCUT2D eigenvalue weighted by atomic mass is 15.2. The molecule has 0 radical (unpaired) electrons. The summed E-state index contributed by atoms with van der Waals surface area (Å²) >= 11 is 0. The zero-order valence-corrected chi connectivity index (χ0v) is 33.0. The van der Waals surface area contributed by atoms with E-state index in [1.54, 1.807) is 0 Å². The Morgan fingerprint density at radius 2 is 0.833 bits per heavy atom. The standard InChI is InChI=1S/C55H43N5/c1-7-19-38(20-8-1)48-34-45(35-49(56-48)39-21-9-2-10-22-39)44-31-46(52-36-50(40-23-11-3-12-24-40)57-54(59-52)42-27-15-5-16-28-42)33-47(32-44)53-37-51(41-25-13-4-14-26-41)58-55(60-53)43-29-17-6-18-30-43/h1-37,52,54-55,57-59H. The average Bonchev–Trinajstić information content (AvgIpc) is 3.35. The lowest BCUT2D eigenvalue weighted by Gasteiger charge is -2.33. The van der Waals surface area contributed by atoms with Crippen LogP contribution < -0.4 is 16.0 Å². The Hall–Kier alpha value is -7.60. The third kappa shape index (κ3) is 7.95. The second-order valence-corrected chi connectivity index (χ2v) is 15.2. The minimum absolute atomic E-state index is 0.123. The molecule has 10 rings (SSSR count). The molecule has 60 heavy (non-hydrogen) atoms. The molecule has 0 bridgehead atoms. The number of nitrogens with one attached hydrogen (secondary N) is 3. The van der Waals surface area contributed by atoms with Gasteiger partial charge in [-0.1, -0.05) is 182 Å². The van der Waals surface area contributed by atoms with Crippen LogP contribution in [-0.4, -0.2) is 10.7 Å². The van der Waals surface area contributed by atoms with E-state index in [-0.39, 0.29) is 18.4 Å². The number of nitrogens with zero attached hydrogens (tertiary/aromatic N) is 2. The molecule has 0 aliphatic carbocycles. The molecule has 5 heteroatoms. The maximum atomic E-state index is 5.44. The number of hydrogen-bond donors (Lipinski definition) is 3. The summed E-state index contributed by atoms with van der Waals surface area (Å²) in [6.45, 7) is 0. The lowest BCUT2D eigenvalue weighted by Crippen LogP contribution is -2.39. The molecule has 0 amide bonds. The highest BCUT2D eigenvalue weighted by Crippen LogP contribution is 2.36. The number of rotatable bonds is 9. The Morgan fingerprint density at radius 3 is 1.40 bits per heavy atom. The van der Waals surface area contributed by atoms with Crippen LogP contribution in [0.15, 0.2) is 229 Å². The van der Waals surface area contributed by atoms with E-state index in [9.17, 15) is 0 Å². The van der Waals surface area contributed by atoms with Gasteiger partial charge in [0.25, 0.3) is 0 Å². The zero-order valence-electron chi connectivity index (χ0n) is 33.0. The summed E-state index contributed by atoms with van der Waals surface area (Å²) in [6, 6.07) is 74.4. The molecule has 0 saturated carbocycles. The van der Waals surface area contributed by atoms with Crippen molar-refractivity contribution >= 4 is 17.1 Å². The van der Waals surface area contributed by atoms with E-state index in [4.69, 9.17) is 9.98 Å². The van der Waals surface area contributed by atoms with E-state index in [0.717, 1.165) is 78.6 Å².